The Labute approximate surface area is 208 Å². The number of nitrogens with zero attached hydrogens (tertiary/aromatic N) is 2. The summed E-state index contributed by atoms with van der Waals surface area (Å²) in [5.41, 5.74) is 1.49. The summed E-state index contributed by atoms with van der Waals surface area (Å²) >= 11 is 7.49. The number of morpholine rings is 1. The molecule has 34 heavy (non-hydrogen) atoms. The third-order valence-corrected chi connectivity index (χ3v) is 6.90. The van der Waals surface area contributed by atoms with E-state index in [-0.39, 0.29) is 36.3 Å². The summed E-state index contributed by atoms with van der Waals surface area (Å²) in [7, 11) is 1.54. The van der Waals surface area contributed by atoms with E-state index in [1.54, 1.807) is 25.3 Å². The molecule has 1 fully saturated rings. The van der Waals surface area contributed by atoms with Crippen molar-refractivity contribution in [2.24, 2.45) is 0 Å². The van der Waals surface area contributed by atoms with Gasteiger partial charge in [-0.3, -0.25) is 9.59 Å². The number of amides is 2. The number of ether oxygens (including phenoxy) is 2. The Bertz CT molecular complexity index is 1190. The number of carbonyl (C=O) groups is 2. The highest BCUT2D eigenvalue weighted by Gasteiger charge is 2.26. The number of anilines is 1. The number of halogens is 1. The number of hydrogen-bond donors (Lipinski definition) is 1. The first-order valence-electron chi connectivity index (χ1n) is 11.1. The lowest BCUT2D eigenvalue weighted by Gasteiger charge is -2.35. The molecule has 0 bridgehead atoms. The van der Waals surface area contributed by atoms with Crippen molar-refractivity contribution in [1.29, 1.82) is 0 Å². The number of rotatable bonds is 7. The van der Waals surface area contributed by atoms with E-state index >= 15 is 0 Å². The standard InChI is InChI=1S/C25H28ClN3O4S/c1-16-11-29(12-17(2)33-16)25(31)14-28-13-23(19-6-4-5-7-21(19)28)34-15-24(30)27-20-10-18(26)8-9-22(20)32-3/h4-10,13,16-17H,11-12,14-15H2,1-3H3,(H,27,30)/t16-,17+. The first-order valence-corrected chi connectivity index (χ1v) is 12.5. The maximum absolute atomic E-state index is 13.0. The predicted octanol–water partition coefficient (Wildman–Crippen LogP) is 4.67. The molecule has 0 spiro atoms. The Morgan fingerprint density at radius 3 is 2.65 bits per heavy atom. The van der Waals surface area contributed by atoms with Gasteiger partial charge in [-0.15, -0.1) is 11.8 Å². The van der Waals surface area contributed by atoms with E-state index in [1.165, 1.54) is 11.8 Å². The van der Waals surface area contributed by atoms with Crippen LogP contribution in [0.4, 0.5) is 5.69 Å². The summed E-state index contributed by atoms with van der Waals surface area (Å²) in [6.07, 6.45) is 2.00. The number of hydrogen-bond acceptors (Lipinski definition) is 5. The van der Waals surface area contributed by atoms with E-state index in [0.717, 1.165) is 15.8 Å². The molecule has 2 amide bonds. The fourth-order valence-corrected chi connectivity index (χ4v) is 5.25. The number of methoxy groups -OCH3 is 1. The molecule has 0 saturated carbocycles. The molecule has 4 rings (SSSR count). The average Bonchev–Trinajstić information content (AvgIpc) is 3.14. The molecule has 0 radical (unpaired) electrons. The van der Waals surface area contributed by atoms with Gasteiger partial charge in [0.15, 0.2) is 0 Å². The molecule has 1 aliphatic heterocycles. The van der Waals surface area contributed by atoms with Gasteiger partial charge < -0.3 is 24.3 Å². The van der Waals surface area contributed by atoms with Crippen molar-refractivity contribution in [2.75, 3.05) is 31.3 Å². The Kier molecular flexibility index (Phi) is 7.70. The maximum atomic E-state index is 13.0. The highest BCUT2D eigenvalue weighted by Crippen LogP contribution is 2.31. The summed E-state index contributed by atoms with van der Waals surface area (Å²) in [5, 5.41) is 4.39. The second-order valence-electron chi connectivity index (χ2n) is 8.38. The highest BCUT2D eigenvalue weighted by molar-refractivity contribution is 8.00. The quantitative estimate of drug-likeness (QED) is 0.476. The summed E-state index contributed by atoms with van der Waals surface area (Å²) in [6, 6.07) is 13.0. The Balaban J connectivity index is 1.46. The minimum absolute atomic E-state index is 0.0249. The van der Waals surface area contributed by atoms with Gasteiger partial charge in [0.2, 0.25) is 11.8 Å². The van der Waals surface area contributed by atoms with Crippen LogP contribution in [-0.4, -0.2) is 59.4 Å². The van der Waals surface area contributed by atoms with Gasteiger partial charge in [0.1, 0.15) is 12.3 Å². The van der Waals surface area contributed by atoms with Gasteiger partial charge in [-0.2, -0.15) is 0 Å². The van der Waals surface area contributed by atoms with Crippen molar-refractivity contribution in [3.63, 3.8) is 0 Å². The van der Waals surface area contributed by atoms with E-state index in [4.69, 9.17) is 21.1 Å². The lowest BCUT2D eigenvalue weighted by Crippen LogP contribution is -2.49. The number of carbonyl (C=O) groups excluding carboxylic acids is 2. The molecule has 1 aliphatic rings. The average molecular weight is 502 g/mol. The van der Waals surface area contributed by atoms with E-state index < -0.39 is 0 Å². The van der Waals surface area contributed by atoms with E-state index in [0.29, 0.717) is 29.5 Å². The third kappa shape index (κ3) is 5.68. The van der Waals surface area contributed by atoms with Crippen LogP contribution in [0.5, 0.6) is 5.75 Å². The predicted molar refractivity (Wildman–Crippen MR) is 136 cm³/mol. The zero-order valence-corrected chi connectivity index (χ0v) is 21.0. The van der Waals surface area contributed by atoms with Gasteiger partial charge in [0.25, 0.3) is 0 Å². The van der Waals surface area contributed by atoms with Crippen LogP contribution in [0.3, 0.4) is 0 Å². The third-order valence-electron chi connectivity index (χ3n) is 5.62. The summed E-state index contributed by atoms with van der Waals surface area (Å²) in [5.74, 6) is 0.639. The molecule has 180 valence electrons. The van der Waals surface area contributed by atoms with Crippen LogP contribution in [0, 0.1) is 0 Å². The minimum atomic E-state index is -0.172. The van der Waals surface area contributed by atoms with Gasteiger partial charge in [0, 0.05) is 40.1 Å². The molecule has 1 aromatic heterocycles. The number of fused-ring (bicyclic) bond motifs is 1. The van der Waals surface area contributed by atoms with E-state index in [2.05, 4.69) is 5.32 Å². The molecule has 2 heterocycles. The molecular weight excluding hydrogens is 474 g/mol. The fraction of sp³-hybridized carbons (Fsp3) is 0.360. The van der Waals surface area contributed by atoms with Gasteiger partial charge in [0.05, 0.1) is 30.8 Å². The lowest BCUT2D eigenvalue weighted by atomic mass is 10.2. The molecule has 7 nitrogen and oxygen atoms in total. The SMILES string of the molecule is COc1ccc(Cl)cc1NC(=O)CSc1cn(CC(=O)N2C[C@@H](C)O[C@@H](C)C2)c2ccccc12. The van der Waals surface area contributed by atoms with Crippen molar-refractivity contribution in [1.82, 2.24) is 9.47 Å². The first kappa shape index (κ1) is 24.4. The number of benzene rings is 2. The number of aromatic nitrogens is 1. The number of nitrogens with one attached hydrogen (secondary N) is 1. The van der Waals surface area contributed by atoms with Crippen LogP contribution in [0.2, 0.25) is 5.02 Å². The van der Waals surface area contributed by atoms with Crippen molar-refractivity contribution in [3.8, 4) is 5.75 Å². The van der Waals surface area contributed by atoms with E-state index in [1.807, 2.05) is 53.8 Å². The molecule has 1 saturated heterocycles. The minimum Gasteiger partial charge on any atom is -0.495 e. The second kappa shape index (κ2) is 10.7. The monoisotopic (exact) mass is 501 g/mol. The summed E-state index contributed by atoms with van der Waals surface area (Å²) in [4.78, 5) is 28.5. The van der Waals surface area contributed by atoms with Gasteiger partial charge in [-0.1, -0.05) is 29.8 Å². The molecule has 2 atom stereocenters. The molecule has 1 N–H and O–H groups in total. The van der Waals surface area contributed by atoms with Gasteiger partial charge in [-0.25, -0.2) is 0 Å². The van der Waals surface area contributed by atoms with Crippen LogP contribution in [0.15, 0.2) is 53.6 Å². The molecular formula is C25H28ClN3O4S. The topological polar surface area (TPSA) is 72.8 Å². The molecule has 0 unspecified atom stereocenters. The van der Waals surface area contributed by atoms with Crippen LogP contribution in [-0.2, 0) is 20.9 Å². The Morgan fingerprint density at radius 2 is 1.91 bits per heavy atom. The van der Waals surface area contributed by atoms with Crippen molar-refractivity contribution in [2.45, 2.75) is 37.5 Å². The molecule has 0 aliphatic carbocycles. The highest BCUT2D eigenvalue weighted by atomic mass is 35.5. The van der Waals surface area contributed by atoms with E-state index in [9.17, 15) is 9.59 Å². The largest absolute Gasteiger partial charge is 0.495 e. The first-order chi connectivity index (χ1) is 16.3. The summed E-state index contributed by atoms with van der Waals surface area (Å²) in [6.45, 7) is 5.40. The van der Waals surface area contributed by atoms with Crippen LogP contribution in [0.25, 0.3) is 10.9 Å². The summed E-state index contributed by atoms with van der Waals surface area (Å²) < 4.78 is 13.0. The Hall–Kier alpha value is -2.68. The van der Waals surface area contributed by atoms with Crippen molar-refractivity contribution < 1.29 is 19.1 Å². The van der Waals surface area contributed by atoms with Gasteiger partial charge >= 0.3 is 0 Å². The Morgan fingerprint density at radius 1 is 1.18 bits per heavy atom. The molecule has 3 aromatic rings. The normalized spacial score (nSPS) is 18.2. The van der Waals surface area contributed by atoms with Crippen LogP contribution < -0.4 is 10.1 Å². The second-order valence-corrected chi connectivity index (χ2v) is 9.83. The van der Waals surface area contributed by atoms with Crippen molar-refractivity contribution in [3.05, 3.63) is 53.7 Å². The zero-order valence-electron chi connectivity index (χ0n) is 19.4. The molecule has 9 heteroatoms. The number of thioether (sulfide) groups is 1. The van der Waals surface area contributed by atoms with Crippen molar-refractivity contribution >= 4 is 51.8 Å². The maximum Gasteiger partial charge on any atom is 0.242 e. The lowest BCUT2D eigenvalue weighted by molar-refractivity contribution is -0.143. The van der Waals surface area contributed by atoms with Crippen LogP contribution >= 0.6 is 23.4 Å². The molecule has 2 aromatic carbocycles. The van der Waals surface area contributed by atoms with Crippen LogP contribution in [0.1, 0.15) is 13.8 Å². The van der Waals surface area contributed by atoms with Gasteiger partial charge in [-0.05, 0) is 38.1 Å². The fourth-order valence-electron chi connectivity index (χ4n) is 4.19. The number of para-hydroxylation sites is 1. The zero-order chi connectivity index (χ0) is 24.2. The smallest absolute Gasteiger partial charge is 0.242 e.